The van der Waals surface area contributed by atoms with Crippen LogP contribution in [0.25, 0.3) is 0 Å². The van der Waals surface area contributed by atoms with Crippen LogP contribution in [-0.4, -0.2) is 55.7 Å². The lowest BCUT2D eigenvalue weighted by atomic mass is 9.97. The van der Waals surface area contributed by atoms with Crippen LogP contribution in [0.1, 0.15) is 42.5 Å². The molecule has 0 aliphatic carbocycles. The Hall–Kier alpha value is -1.97. The van der Waals surface area contributed by atoms with Gasteiger partial charge in [0.25, 0.3) is 0 Å². The van der Waals surface area contributed by atoms with Crippen molar-refractivity contribution in [2.75, 3.05) is 26.2 Å². The first-order valence-corrected chi connectivity index (χ1v) is 10.8. The summed E-state index contributed by atoms with van der Waals surface area (Å²) in [5.74, 6) is -1.01. The normalized spacial score (nSPS) is 20.3. The third kappa shape index (κ3) is 4.48. The lowest BCUT2D eigenvalue weighted by Gasteiger charge is -2.33. The van der Waals surface area contributed by atoms with E-state index in [4.69, 9.17) is 5.73 Å². The van der Waals surface area contributed by atoms with E-state index in [9.17, 15) is 18.0 Å². The number of nitrogens with two attached hydrogens (primary N) is 1. The van der Waals surface area contributed by atoms with E-state index in [0.717, 1.165) is 25.9 Å². The van der Waals surface area contributed by atoms with Gasteiger partial charge in [0, 0.05) is 32.1 Å². The third-order valence-corrected chi connectivity index (χ3v) is 7.18. The Balaban J connectivity index is 1.63. The van der Waals surface area contributed by atoms with Gasteiger partial charge in [0.1, 0.15) is 0 Å². The maximum Gasteiger partial charge on any atom is 0.250 e. The molecular weight excluding hydrogens is 368 g/mol. The summed E-state index contributed by atoms with van der Waals surface area (Å²) < 4.78 is 27.2. The van der Waals surface area contributed by atoms with Crippen molar-refractivity contribution in [3.05, 3.63) is 29.8 Å². The highest BCUT2D eigenvalue weighted by molar-refractivity contribution is 7.89. The third-order valence-electron chi connectivity index (χ3n) is 5.22. The van der Waals surface area contributed by atoms with Crippen LogP contribution in [0.3, 0.4) is 0 Å². The lowest BCUT2D eigenvalue weighted by Crippen LogP contribution is -2.49. The maximum atomic E-state index is 12.9. The smallest absolute Gasteiger partial charge is 0.250 e. The minimum atomic E-state index is -3.82. The van der Waals surface area contributed by atoms with Crippen molar-refractivity contribution in [1.29, 1.82) is 0 Å². The molecular formula is C18H26N4O4S. The molecule has 8 nitrogen and oxygen atoms in total. The zero-order valence-electron chi connectivity index (χ0n) is 15.3. The Morgan fingerprint density at radius 1 is 1.00 bits per heavy atom. The number of amides is 2. The highest BCUT2D eigenvalue weighted by Crippen LogP contribution is 2.26. The first-order chi connectivity index (χ1) is 12.9. The fourth-order valence-electron chi connectivity index (χ4n) is 3.65. The predicted octanol–water partition coefficient (Wildman–Crippen LogP) is 0.703. The van der Waals surface area contributed by atoms with Gasteiger partial charge in [-0.05, 0) is 37.8 Å². The average Bonchev–Trinajstić information content (AvgIpc) is 2.69. The molecule has 0 saturated carbocycles. The Labute approximate surface area is 159 Å². The van der Waals surface area contributed by atoms with Crippen LogP contribution in [0.15, 0.2) is 29.2 Å². The fraction of sp³-hybridized carbons (Fsp3) is 0.556. The summed E-state index contributed by atoms with van der Waals surface area (Å²) in [5, 5.41) is 1.96. The average molecular weight is 394 g/mol. The number of hydrogen-bond acceptors (Lipinski definition) is 5. The van der Waals surface area contributed by atoms with Gasteiger partial charge in [-0.15, -0.1) is 0 Å². The summed E-state index contributed by atoms with van der Waals surface area (Å²) in [6.07, 6.45) is 4.26. The molecule has 3 rings (SSSR count). The zero-order chi connectivity index (χ0) is 19.4. The molecule has 2 amide bonds. The SMILES string of the molecule is NC(=O)c1ccccc1S(=O)(=O)N1CCC(C(=O)NN2CCCCC2)CC1. The standard InChI is InChI=1S/C18H26N4O4S/c19-17(23)15-6-2-3-7-16(15)27(25,26)22-12-8-14(9-13-22)18(24)20-21-10-4-1-5-11-21/h2-3,6-7,14H,1,4-5,8-13H2,(H2,19,23)(H,20,24). The van der Waals surface area contributed by atoms with Gasteiger partial charge in [0.2, 0.25) is 21.8 Å². The van der Waals surface area contributed by atoms with E-state index in [1.807, 2.05) is 5.01 Å². The van der Waals surface area contributed by atoms with Crippen LogP contribution < -0.4 is 11.2 Å². The van der Waals surface area contributed by atoms with Gasteiger partial charge in [-0.3, -0.25) is 15.0 Å². The molecule has 0 radical (unpaired) electrons. The molecule has 2 heterocycles. The number of benzene rings is 1. The minimum Gasteiger partial charge on any atom is -0.366 e. The fourth-order valence-corrected chi connectivity index (χ4v) is 5.31. The van der Waals surface area contributed by atoms with Gasteiger partial charge in [-0.2, -0.15) is 4.31 Å². The maximum absolute atomic E-state index is 12.9. The predicted molar refractivity (Wildman–Crippen MR) is 100 cm³/mol. The van der Waals surface area contributed by atoms with Gasteiger partial charge in [0.15, 0.2) is 0 Å². The van der Waals surface area contributed by atoms with Gasteiger partial charge < -0.3 is 5.73 Å². The van der Waals surface area contributed by atoms with Crippen molar-refractivity contribution in [2.45, 2.75) is 37.0 Å². The number of nitrogens with one attached hydrogen (secondary N) is 1. The highest BCUT2D eigenvalue weighted by atomic mass is 32.2. The van der Waals surface area contributed by atoms with Gasteiger partial charge in [-0.25, -0.2) is 13.4 Å². The Bertz CT molecular complexity index is 797. The molecule has 1 aromatic carbocycles. The van der Waals surface area contributed by atoms with Gasteiger partial charge >= 0.3 is 0 Å². The number of sulfonamides is 1. The van der Waals surface area contributed by atoms with Crippen LogP contribution in [-0.2, 0) is 14.8 Å². The van der Waals surface area contributed by atoms with E-state index in [0.29, 0.717) is 12.8 Å². The second-order valence-electron chi connectivity index (χ2n) is 7.06. The van der Waals surface area contributed by atoms with Gasteiger partial charge in [-0.1, -0.05) is 18.6 Å². The molecule has 27 heavy (non-hydrogen) atoms. The minimum absolute atomic E-state index is 0.0116. The largest absolute Gasteiger partial charge is 0.366 e. The van der Waals surface area contributed by atoms with Crippen molar-refractivity contribution < 1.29 is 18.0 Å². The molecule has 0 spiro atoms. The van der Waals surface area contributed by atoms with Gasteiger partial charge in [0.05, 0.1) is 10.5 Å². The molecule has 1 aromatic rings. The molecule has 9 heteroatoms. The number of piperidine rings is 2. The van der Waals surface area contributed by atoms with Crippen LogP contribution in [0.2, 0.25) is 0 Å². The Kier molecular flexibility index (Phi) is 6.13. The summed E-state index contributed by atoms with van der Waals surface area (Å²) in [6.45, 7) is 2.22. The van der Waals surface area contributed by atoms with Crippen LogP contribution in [0.5, 0.6) is 0 Å². The van der Waals surface area contributed by atoms with E-state index in [2.05, 4.69) is 5.43 Å². The van der Waals surface area contributed by atoms with Crippen molar-refractivity contribution in [2.24, 2.45) is 11.7 Å². The molecule has 3 N–H and O–H groups in total. The molecule has 0 aromatic heterocycles. The summed E-state index contributed by atoms with van der Waals surface area (Å²) >= 11 is 0. The summed E-state index contributed by atoms with van der Waals surface area (Å²) in [7, 11) is -3.82. The number of primary amides is 1. The first-order valence-electron chi connectivity index (χ1n) is 9.34. The van der Waals surface area contributed by atoms with E-state index in [-0.39, 0.29) is 35.4 Å². The molecule has 0 unspecified atom stereocenters. The summed E-state index contributed by atoms with van der Waals surface area (Å²) in [5.41, 5.74) is 8.26. The van der Waals surface area contributed by atoms with Crippen molar-refractivity contribution in [1.82, 2.24) is 14.7 Å². The lowest BCUT2D eigenvalue weighted by molar-refractivity contribution is -0.131. The molecule has 148 valence electrons. The number of rotatable bonds is 5. The number of carbonyl (C=O) groups is 2. The van der Waals surface area contributed by atoms with Crippen molar-refractivity contribution >= 4 is 21.8 Å². The molecule has 2 fully saturated rings. The van der Waals surface area contributed by atoms with Crippen LogP contribution >= 0.6 is 0 Å². The number of nitrogens with zero attached hydrogens (tertiary/aromatic N) is 2. The van der Waals surface area contributed by atoms with Crippen LogP contribution in [0, 0.1) is 5.92 Å². The molecule has 2 saturated heterocycles. The first kappa shape index (κ1) is 19.8. The number of carbonyl (C=O) groups excluding carboxylic acids is 2. The summed E-state index contributed by atoms with van der Waals surface area (Å²) in [4.78, 5) is 23.9. The molecule has 2 aliphatic rings. The topological polar surface area (TPSA) is 113 Å². The molecule has 0 bridgehead atoms. The van der Waals surface area contributed by atoms with E-state index >= 15 is 0 Å². The monoisotopic (exact) mass is 394 g/mol. The quantitative estimate of drug-likeness (QED) is 0.763. The van der Waals surface area contributed by atoms with Crippen molar-refractivity contribution in [3.63, 3.8) is 0 Å². The van der Waals surface area contributed by atoms with E-state index in [1.165, 1.54) is 22.9 Å². The highest BCUT2D eigenvalue weighted by Gasteiger charge is 2.34. The number of hydrogen-bond donors (Lipinski definition) is 2. The molecule has 2 aliphatic heterocycles. The second-order valence-corrected chi connectivity index (χ2v) is 8.97. The number of hydrazine groups is 1. The Morgan fingerprint density at radius 3 is 2.26 bits per heavy atom. The van der Waals surface area contributed by atoms with E-state index in [1.54, 1.807) is 12.1 Å². The van der Waals surface area contributed by atoms with Crippen LogP contribution in [0.4, 0.5) is 0 Å². The summed E-state index contributed by atoms with van der Waals surface area (Å²) in [6, 6.07) is 5.95. The Morgan fingerprint density at radius 2 is 1.63 bits per heavy atom. The second kappa shape index (κ2) is 8.37. The van der Waals surface area contributed by atoms with E-state index < -0.39 is 15.9 Å². The van der Waals surface area contributed by atoms with Crippen molar-refractivity contribution in [3.8, 4) is 0 Å². The molecule has 0 atom stereocenters. The zero-order valence-corrected chi connectivity index (χ0v) is 16.1.